The average Bonchev–Trinajstić information content (AvgIpc) is 2.56. The molecule has 1 aliphatic rings. The molecule has 3 amide bonds. The number of hydroxylamine groups is 2. The van der Waals surface area contributed by atoms with E-state index in [0.717, 1.165) is 10.5 Å². The number of rotatable bonds is 4. The minimum atomic E-state index is -4.86. The lowest BCUT2D eigenvalue weighted by Gasteiger charge is -2.16. The number of phosphoric acid groups is 1. The first-order valence-corrected chi connectivity index (χ1v) is 6.81. The minimum absolute atomic E-state index is 0.0273. The van der Waals surface area contributed by atoms with Crippen molar-refractivity contribution in [3.05, 3.63) is 35.9 Å². The molecule has 2 rings (SSSR count). The van der Waals surface area contributed by atoms with Gasteiger partial charge in [0.1, 0.15) is 6.54 Å². The number of hydrogen-bond donors (Lipinski definition) is 2. The lowest BCUT2D eigenvalue weighted by Crippen LogP contribution is -2.32. The van der Waals surface area contributed by atoms with Crippen LogP contribution in [0.3, 0.4) is 0 Å². The Morgan fingerprint density at radius 3 is 2.42 bits per heavy atom. The summed E-state index contributed by atoms with van der Waals surface area (Å²) in [6, 6.07) is 7.87. The molecule has 0 radical (unpaired) electrons. The van der Waals surface area contributed by atoms with Gasteiger partial charge in [-0.2, -0.15) is 9.69 Å². The molecule has 19 heavy (non-hydrogen) atoms. The van der Waals surface area contributed by atoms with E-state index in [0.29, 0.717) is 5.06 Å². The van der Waals surface area contributed by atoms with Crippen LogP contribution in [0.5, 0.6) is 0 Å². The highest BCUT2D eigenvalue weighted by molar-refractivity contribution is 7.46. The third-order valence-electron chi connectivity index (χ3n) is 2.41. The van der Waals surface area contributed by atoms with Crippen molar-refractivity contribution in [3.8, 4) is 0 Å². The van der Waals surface area contributed by atoms with Crippen molar-refractivity contribution in [2.75, 3.05) is 6.54 Å². The van der Waals surface area contributed by atoms with Gasteiger partial charge < -0.3 is 9.79 Å². The molecule has 1 heterocycles. The third-order valence-corrected chi connectivity index (χ3v) is 2.82. The molecule has 0 aromatic heterocycles. The zero-order valence-corrected chi connectivity index (χ0v) is 10.6. The quantitative estimate of drug-likeness (QED) is 0.615. The smallest absolute Gasteiger partial charge is 0.301 e. The Morgan fingerprint density at radius 1 is 1.21 bits per heavy atom. The van der Waals surface area contributed by atoms with E-state index in [2.05, 4.69) is 4.62 Å². The summed E-state index contributed by atoms with van der Waals surface area (Å²) in [5, 5.41) is 0.367. The Morgan fingerprint density at radius 2 is 1.84 bits per heavy atom. The summed E-state index contributed by atoms with van der Waals surface area (Å²) in [6.45, 7) is -0.490. The van der Waals surface area contributed by atoms with E-state index >= 15 is 0 Å². The van der Waals surface area contributed by atoms with E-state index in [1.807, 2.05) is 0 Å². The van der Waals surface area contributed by atoms with Gasteiger partial charge >= 0.3 is 13.9 Å². The van der Waals surface area contributed by atoms with Crippen molar-refractivity contribution in [1.29, 1.82) is 0 Å². The predicted molar refractivity (Wildman–Crippen MR) is 62.2 cm³/mol. The first-order valence-electron chi connectivity index (χ1n) is 5.28. The van der Waals surface area contributed by atoms with Gasteiger partial charge in [-0.25, -0.2) is 9.36 Å². The first kappa shape index (κ1) is 13.7. The molecule has 1 fully saturated rings. The molecule has 1 aromatic rings. The van der Waals surface area contributed by atoms with Crippen molar-refractivity contribution in [2.24, 2.45) is 0 Å². The summed E-state index contributed by atoms with van der Waals surface area (Å²) < 4.78 is 14.8. The fourth-order valence-corrected chi connectivity index (χ4v) is 2.02. The summed E-state index contributed by atoms with van der Waals surface area (Å²) in [5.41, 5.74) is 0.724. The molecule has 102 valence electrons. The molecular formula is C10H11N2O6P. The highest BCUT2D eigenvalue weighted by atomic mass is 31.2. The SMILES string of the molecule is O=C1CN(OP(=O)(O)O)C(=O)N1Cc1ccccc1. The molecule has 0 atom stereocenters. The maximum Gasteiger partial charge on any atom is 0.491 e. The van der Waals surface area contributed by atoms with Crippen LogP contribution >= 0.6 is 7.82 Å². The van der Waals surface area contributed by atoms with Gasteiger partial charge in [0, 0.05) is 0 Å². The van der Waals surface area contributed by atoms with Crippen molar-refractivity contribution < 1.29 is 28.6 Å². The van der Waals surface area contributed by atoms with Crippen molar-refractivity contribution >= 4 is 19.8 Å². The number of benzene rings is 1. The molecule has 8 nitrogen and oxygen atoms in total. The van der Waals surface area contributed by atoms with Gasteiger partial charge in [0.05, 0.1) is 6.54 Å². The molecule has 0 bridgehead atoms. The largest absolute Gasteiger partial charge is 0.491 e. The van der Waals surface area contributed by atoms with Crippen molar-refractivity contribution in [1.82, 2.24) is 9.96 Å². The highest BCUT2D eigenvalue weighted by Crippen LogP contribution is 2.38. The van der Waals surface area contributed by atoms with Crippen LogP contribution in [0.25, 0.3) is 0 Å². The molecule has 0 unspecified atom stereocenters. The average molecular weight is 286 g/mol. The van der Waals surface area contributed by atoms with Crippen LogP contribution in [0.15, 0.2) is 30.3 Å². The zero-order valence-electron chi connectivity index (χ0n) is 9.67. The zero-order chi connectivity index (χ0) is 14.0. The van der Waals surface area contributed by atoms with Gasteiger partial charge in [-0.1, -0.05) is 30.3 Å². The van der Waals surface area contributed by atoms with Crippen LogP contribution in [0.4, 0.5) is 4.79 Å². The Balaban J connectivity index is 2.09. The lowest BCUT2D eigenvalue weighted by molar-refractivity contribution is -0.127. The fraction of sp³-hybridized carbons (Fsp3) is 0.200. The minimum Gasteiger partial charge on any atom is -0.301 e. The van der Waals surface area contributed by atoms with Gasteiger partial charge in [0.25, 0.3) is 5.91 Å². The molecule has 0 spiro atoms. The number of urea groups is 1. The van der Waals surface area contributed by atoms with Crippen LogP contribution in [0, 0.1) is 0 Å². The van der Waals surface area contributed by atoms with E-state index in [1.54, 1.807) is 30.3 Å². The number of hydrogen-bond acceptors (Lipinski definition) is 4. The third kappa shape index (κ3) is 3.39. The van der Waals surface area contributed by atoms with Crippen LogP contribution in [-0.4, -0.2) is 38.2 Å². The molecular weight excluding hydrogens is 275 g/mol. The van der Waals surface area contributed by atoms with Crippen molar-refractivity contribution in [3.63, 3.8) is 0 Å². The number of imide groups is 1. The Kier molecular flexibility index (Phi) is 3.68. The summed E-state index contributed by atoms with van der Waals surface area (Å²) in [5.74, 6) is -0.581. The Labute approximate surface area is 108 Å². The molecule has 2 N–H and O–H groups in total. The summed E-state index contributed by atoms with van der Waals surface area (Å²) >= 11 is 0. The van der Waals surface area contributed by atoms with Gasteiger partial charge in [0.2, 0.25) is 0 Å². The van der Waals surface area contributed by atoms with Gasteiger partial charge in [0.15, 0.2) is 0 Å². The maximum atomic E-state index is 11.8. The second-order valence-electron chi connectivity index (χ2n) is 3.86. The van der Waals surface area contributed by atoms with Gasteiger partial charge in [-0.3, -0.25) is 9.69 Å². The predicted octanol–water partition coefficient (Wildman–Crippen LogP) is 0.475. The van der Waals surface area contributed by atoms with Gasteiger partial charge in [-0.15, -0.1) is 0 Å². The first-order chi connectivity index (χ1) is 8.87. The van der Waals surface area contributed by atoms with Crippen molar-refractivity contribution in [2.45, 2.75) is 6.54 Å². The maximum absolute atomic E-state index is 11.8. The molecule has 1 saturated heterocycles. The summed E-state index contributed by atoms with van der Waals surface area (Å²) in [7, 11) is -4.86. The fourth-order valence-electron chi connectivity index (χ4n) is 1.63. The van der Waals surface area contributed by atoms with E-state index in [1.165, 1.54) is 0 Å². The molecule has 0 aliphatic carbocycles. The topological polar surface area (TPSA) is 107 Å². The Bertz CT molecular complexity index is 542. The van der Waals surface area contributed by atoms with E-state index < -0.39 is 26.3 Å². The van der Waals surface area contributed by atoms with E-state index in [-0.39, 0.29) is 6.54 Å². The normalized spacial score (nSPS) is 16.3. The number of nitrogens with zero attached hydrogens (tertiary/aromatic N) is 2. The molecule has 9 heteroatoms. The van der Waals surface area contributed by atoms with Crippen LogP contribution in [-0.2, 0) is 20.5 Å². The highest BCUT2D eigenvalue weighted by Gasteiger charge is 2.40. The monoisotopic (exact) mass is 286 g/mol. The second-order valence-corrected chi connectivity index (χ2v) is 5.00. The number of amides is 3. The van der Waals surface area contributed by atoms with Crippen LogP contribution in [0.2, 0.25) is 0 Å². The summed E-state index contributed by atoms with van der Waals surface area (Å²) in [4.78, 5) is 41.5. The lowest BCUT2D eigenvalue weighted by atomic mass is 10.2. The van der Waals surface area contributed by atoms with E-state index in [9.17, 15) is 14.2 Å². The van der Waals surface area contributed by atoms with Gasteiger partial charge in [-0.05, 0) is 5.56 Å². The molecule has 1 aliphatic heterocycles. The van der Waals surface area contributed by atoms with Crippen LogP contribution < -0.4 is 0 Å². The molecule has 0 saturated carbocycles. The Hall–Kier alpha value is -1.73. The summed E-state index contributed by atoms with van der Waals surface area (Å²) in [6.07, 6.45) is 0. The standard InChI is InChI=1S/C10H11N2O6P/c13-9-7-12(18-19(15,16)17)10(14)11(9)6-8-4-2-1-3-5-8/h1-5H,6-7H2,(H2,15,16,17). The second kappa shape index (κ2) is 5.10. The van der Waals surface area contributed by atoms with Crippen LogP contribution in [0.1, 0.15) is 5.56 Å². The number of carbonyl (C=O) groups excluding carboxylic acids is 2. The number of carbonyl (C=O) groups is 2. The van der Waals surface area contributed by atoms with E-state index in [4.69, 9.17) is 9.79 Å². The molecule has 1 aromatic carbocycles.